The third kappa shape index (κ3) is 8.12. The molecule has 0 aliphatic heterocycles. The fraction of sp³-hybridized carbons (Fsp3) is 0.857. The van der Waals surface area contributed by atoms with Crippen molar-refractivity contribution in [1.29, 1.82) is 0 Å². The molecule has 0 aromatic heterocycles. The third-order valence-corrected chi connectivity index (χ3v) is 2.54. The van der Waals surface area contributed by atoms with Crippen molar-refractivity contribution in [2.45, 2.75) is 58.7 Å². The average Bonchev–Trinajstić information content (AvgIpc) is 2.32. The van der Waals surface area contributed by atoms with Gasteiger partial charge in [-0.25, -0.2) is 4.79 Å². The summed E-state index contributed by atoms with van der Waals surface area (Å²) in [5, 5.41) is 2.62. The Labute approximate surface area is 121 Å². The molecule has 0 spiro atoms. The molecule has 20 heavy (non-hydrogen) atoms. The molecule has 0 saturated carbocycles. The number of rotatable bonds is 7. The van der Waals surface area contributed by atoms with Gasteiger partial charge in [-0.3, -0.25) is 4.79 Å². The van der Waals surface area contributed by atoms with Gasteiger partial charge in [0.2, 0.25) is 5.91 Å². The Morgan fingerprint density at radius 1 is 1.25 bits per heavy atom. The van der Waals surface area contributed by atoms with Crippen LogP contribution in [0.15, 0.2) is 0 Å². The van der Waals surface area contributed by atoms with Crippen LogP contribution in [-0.4, -0.2) is 43.3 Å². The van der Waals surface area contributed by atoms with E-state index in [1.807, 2.05) is 34.6 Å². The van der Waals surface area contributed by atoms with E-state index in [-0.39, 0.29) is 18.1 Å². The maximum Gasteiger partial charge on any atom is 0.328 e. The Morgan fingerprint density at radius 2 is 1.80 bits per heavy atom. The van der Waals surface area contributed by atoms with Crippen molar-refractivity contribution in [3.8, 4) is 0 Å². The van der Waals surface area contributed by atoms with Crippen LogP contribution in [0.2, 0.25) is 0 Å². The number of nitrogens with two attached hydrogens (primary N) is 1. The highest BCUT2D eigenvalue weighted by Gasteiger charge is 2.26. The predicted molar refractivity (Wildman–Crippen MR) is 77.1 cm³/mol. The molecule has 118 valence electrons. The molecule has 2 atom stereocenters. The van der Waals surface area contributed by atoms with E-state index in [4.69, 9.17) is 10.5 Å². The zero-order valence-corrected chi connectivity index (χ0v) is 13.4. The largest absolute Gasteiger partial charge is 0.467 e. The van der Waals surface area contributed by atoms with Crippen LogP contribution < -0.4 is 11.1 Å². The number of esters is 1. The molecule has 0 aromatic rings. The highest BCUT2D eigenvalue weighted by molar-refractivity contribution is 5.87. The molecule has 0 unspecified atom stereocenters. The molecular formula is C14H28N2O4. The van der Waals surface area contributed by atoms with Gasteiger partial charge in [-0.05, 0) is 33.1 Å². The maximum atomic E-state index is 11.9. The first-order valence-corrected chi connectivity index (χ1v) is 6.84. The van der Waals surface area contributed by atoms with Crippen LogP contribution in [0.25, 0.3) is 0 Å². The normalized spacial score (nSPS) is 14.8. The van der Waals surface area contributed by atoms with Crippen LogP contribution in [0.5, 0.6) is 0 Å². The van der Waals surface area contributed by atoms with Gasteiger partial charge in [-0.2, -0.15) is 0 Å². The summed E-state index contributed by atoms with van der Waals surface area (Å²) in [5.74, 6) is -0.622. The van der Waals surface area contributed by atoms with E-state index in [0.717, 1.165) is 0 Å². The first kappa shape index (κ1) is 18.9. The van der Waals surface area contributed by atoms with Crippen LogP contribution in [0.1, 0.15) is 41.0 Å². The predicted octanol–water partition coefficient (Wildman–Crippen LogP) is 0.833. The maximum absolute atomic E-state index is 11.9. The lowest BCUT2D eigenvalue weighted by Gasteiger charge is -2.24. The van der Waals surface area contributed by atoms with E-state index in [1.54, 1.807) is 0 Å². The molecule has 0 saturated heterocycles. The van der Waals surface area contributed by atoms with Crippen LogP contribution >= 0.6 is 0 Å². The van der Waals surface area contributed by atoms with E-state index in [9.17, 15) is 9.59 Å². The molecule has 6 nitrogen and oxygen atoms in total. The first-order valence-electron chi connectivity index (χ1n) is 6.84. The Kier molecular flexibility index (Phi) is 7.75. The number of carbonyl (C=O) groups excluding carboxylic acids is 2. The van der Waals surface area contributed by atoms with Gasteiger partial charge in [0.1, 0.15) is 12.1 Å². The van der Waals surface area contributed by atoms with E-state index in [0.29, 0.717) is 6.42 Å². The van der Waals surface area contributed by atoms with Crippen molar-refractivity contribution in [2.24, 2.45) is 11.7 Å². The summed E-state index contributed by atoms with van der Waals surface area (Å²) in [5.41, 5.74) is 5.39. The highest BCUT2D eigenvalue weighted by Crippen LogP contribution is 2.08. The molecule has 0 fully saturated rings. The molecule has 6 heteroatoms. The second kappa shape index (κ2) is 8.21. The van der Waals surface area contributed by atoms with Crippen molar-refractivity contribution >= 4 is 11.9 Å². The molecule has 0 aliphatic carbocycles. The molecule has 0 bridgehead atoms. The summed E-state index contributed by atoms with van der Waals surface area (Å²) in [4.78, 5) is 23.6. The van der Waals surface area contributed by atoms with E-state index in [2.05, 4.69) is 10.1 Å². The minimum atomic E-state index is -0.812. The van der Waals surface area contributed by atoms with Gasteiger partial charge in [0.25, 0.3) is 0 Å². The topological polar surface area (TPSA) is 90.7 Å². The minimum Gasteiger partial charge on any atom is -0.467 e. The summed E-state index contributed by atoms with van der Waals surface area (Å²) in [7, 11) is 1.30. The molecule has 0 aliphatic rings. The molecule has 1 amide bonds. The fourth-order valence-corrected chi connectivity index (χ4v) is 1.52. The standard InChI is InChI=1S/C14H28N2O4/c1-9(2)7-11(13(18)19-6)16-12(17)10(15)8-20-14(3,4)5/h9-11H,7-8,15H2,1-6H3,(H,16,17)/t10-,11+/m1/s1. The van der Waals surface area contributed by atoms with Gasteiger partial charge in [-0.15, -0.1) is 0 Å². The number of hydrogen-bond donors (Lipinski definition) is 2. The molecule has 0 rings (SSSR count). The lowest BCUT2D eigenvalue weighted by atomic mass is 10.0. The Hall–Kier alpha value is -1.14. The number of amides is 1. The van der Waals surface area contributed by atoms with Crippen molar-refractivity contribution in [3.05, 3.63) is 0 Å². The summed E-state index contributed by atoms with van der Waals surface area (Å²) in [6.07, 6.45) is 0.505. The lowest BCUT2D eigenvalue weighted by molar-refractivity contribution is -0.146. The number of hydrogen-bond acceptors (Lipinski definition) is 5. The molecule has 0 heterocycles. The zero-order valence-electron chi connectivity index (χ0n) is 13.4. The second-order valence-corrected chi connectivity index (χ2v) is 6.24. The number of carbonyl (C=O) groups is 2. The van der Waals surface area contributed by atoms with Crippen molar-refractivity contribution < 1.29 is 19.1 Å². The summed E-state index contributed by atoms with van der Waals surface area (Å²) in [6.45, 7) is 9.68. The number of ether oxygens (including phenoxy) is 2. The fourth-order valence-electron chi connectivity index (χ4n) is 1.52. The highest BCUT2D eigenvalue weighted by atomic mass is 16.5. The van der Waals surface area contributed by atoms with Crippen LogP contribution in [0.3, 0.4) is 0 Å². The third-order valence-electron chi connectivity index (χ3n) is 2.54. The lowest BCUT2D eigenvalue weighted by Crippen LogP contribution is -2.51. The van der Waals surface area contributed by atoms with Gasteiger partial charge >= 0.3 is 5.97 Å². The van der Waals surface area contributed by atoms with Crippen molar-refractivity contribution in [1.82, 2.24) is 5.32 Å². The van der Waals surface area contributed by atoms with Gasteiger partial charge in [0.05, 0.1) is 19.3 Å². The quantitative estimate of drug-likeness (QED) is 0.677. The summed E-state index contributed by atoms with van der Waals surface area (Å²) < 4.78 is 10.1. The monoisotopic (exact) mass is 288 g/mol. The van der Waals surface area contributed by atoms with Gasteiger partial charge in [0, 0.05) is 0 Å². The van der Waals surface area contributed by atoms with Gasteiger partial charge in [0.15, 0.2) is 0 Å². The van der Waals surface area contributed by atoms with Crippen LogP contribution in [0.4, 0.5) is 0 Å². The van der Waals surface area contributed by atoms with Crippen molar-refractivity contribution in [3.63, 3.8) is 0 Å². The molecule has 0 aromatic carbocycles. The summed E-state index contributed by atoms with van der Waals surface area (Å²) in [6, 6.07) is -1.48. The van der Waals surface area contributed by atoms with E-state index in [1.165, 1.54) is 7.11 Å². The van der Waals surface area contributed by atoms with E-state index < -0.39 is 24.0 Å². The molecule has 0 radical (unpaired) electrons. The first-order chi connectivity index (χ1) is 9.06. The number of methoxy groups -OCH3 is 1. The molecular weight excluding hydrogens is 260 g/mol. The number of nitrogens with one attached hydrogen (secondary N) is 1. The van der Waals surface area contributed by atoms with Crippen LogP contribution in [0, 0.1) is 5.92 Å². The minimum absolute atomic E-state index is 0.102. The van der Waals surface area contributed by atoms with E-state index >= 15 is 0 Å². The van der Waals surface area contributed by atoms with Gasteiger partial charge < -0.3 is 20.5 Å². The summed E-state index contributed by atoms with van der Waals surface area (Å²) >= 11 is 0. The molecule has 3 N–H and O–H groups in total. The zero-order chi connectivity index (χ0) is 15.9. The average molecular weight is 288 g/mol. The Bertz CT molecular complexity index is 324. The SMILES string of the molecule is COC(=O)[C@H](CC(C)C)NC(=O)[C@H](N)COC(C)(C)C. The van der Waals surface area contributed by atoms with Crippen molar-refractivity contribution in [2.75, 3.05) is 13.7 Å². The van der Waals surface area contributed by atoms with Gasteiger partial charge in [-0.1, -0.05) is 13.8 Å². The Morgan fingerprint density at radius 3 is 2.20 bits per heavy atom. The van der Waals surface area contributed by atoms with Crippen LogP contribution in [-0.2, 0) is 19.1 Å². The smallest absolute Gasteiger partial charge is 0.328 e. The Balaban J connectivity index is 4.47. The second-order valence-electron chi connectivity index (χ2n) is 6.24.